The van der Waals surface area contributed by atoms with Crippen molar-refractivity contribution in [3.8, 4) is 0 Å². The maximum Gasteiger partial charge on any atom is 0.320 e. The number of hydrogen-bond donors (Lipinski definition) is 1. The fourth-order valence-electron chi connectivity index (χ4n) is 3.08. The Morgan fingerprint density at radius 3 is 2.71 bits per heavy atom. The highest BCUT2D eigenvalue weighted by Crippen LogP contribution is 2.43. The third kappa shape index (κ3) is 2.80. The van der Waals surface area contributed by atoms with Crippen LogP contribution in [0, 0.1) is 0 Å². The summed E-state index contributed by atoms with van der Waals surface area (Å²) in [6.45, 7) is 2.46. The topological polar surface area (TPSA) is 49.8 Å². The summed E-state index contributed by atoms with van der Waals surface area (Å²) in [4.78, 5) is 12.8. The number of ether oxygens (including phenoxy) is 1. The maximum atomic E-state index is 10.9. The Morgan fingerprint density at radius 1 is 1.47 bits per heavy atom. The normalized spacial score (nSPS) is 29.0. The van der Waals surface area contributed by atoms with Crippen molar-refractivity contribution in [2.24, 2.45) is 0 Å². The monoisotopic (exact) mass is 241 g/mol. The Balaban J connectivity index is 1.83. The molecule has 1 aliphatic heterocycles. The van der Waals surface area contributed by atoms with Gasteiger partial charge in [-0.2, -0.15) is 0 Å². The molecular formula is C13H23NO3. The van der Waals surface area contributed by atoms with Crippen LogP contribution in [0.15, 0.2) is 0 Å². The van der Waals surface area contributed by atoms with Gasteiger partial charge in [-0.3, -0.25) is 9.69 Å². The fraction of sp³-hybridized carbons (Fsp3) is 0.923. The molecule has 0 amide bonds. The number of carboxylic acid groups (broad SMARTS) is 1. The van der Waals surface area contributed by atoms with E-state index in [1.54, 1.807) is 6.92 Å². The number of hydrogen-bond acceptors (Lipinski definition) is 3. The van der Waals surface area contributed by atoms with Crippen molar-refractivity contribution in [3.05, 3.63) is 0 Å². The minimum Gasteiger partial charge on any atom is -0.480 e. The highest BCUT2D eigenvalue weighted by Gasteiger charge is 2.42. The zero-order valence-corrected chi connectivity index (χ0v) is 10.8. The van der Waals surface area contributed by atoms with Crippen LogP contribution in [0.1, 0.15) is 45.4 Å². The molecule has 17 heavy (non-hydrogen) atoms. The van der Waals surface area contributed by atoms with Crippen molar-refractivity contribution in [1.29, 1.82) is 0 Å². The first kappa shape index (κ1) is 12.8. The van der Waals surface area contributed by atoms with Crippen LogP contribution in [0.5, 0.6) is 0 Å². The summed E-state index contributed by atoms with van der Waals surface area (Å²) in [6.07, 6.45) is 7.43. The summed E-state index contributed by atoms with van der Waals surface area (Å²) in [5.41, 5.74) is 0.151. The number of aliphatic carboxylic acids is 1. The van der Waals surface area contributed by atoms with Crippen molar-refractivity contribution in [2.75, 3.05) is 13.6 Å². The highest BCUT2D eigenvalue weighted by atomic mass is 16.5. The minimum atomic E-state index is -0.763. The van der Waals surface area contributed by atoms with Crippen LogP contribution in [0.25, 0.3) is 0 Å². The van der Waals surface area contributed by atoms with Crippen molar-refractivity contribution < 1.29 is 14.6 Å². The van der Waals surface area contributed by atoms with E-state index in [1.807, 2.05) is 11.9 Å². The number of carboxylic acids is 1. The third-order valence-corrected chi connectivity index (χ3v) is 4.36. The van der Waals surface area contributed by atoms with Gasteiger partial charge in [0.25, 0.3) is 0 Å². The predicted molar refractivity (Wildman–Crippen MR) is 65.0 cm³/mol. The SMILES string of the molecule is CC(C(=O)O)N(C)CC1CCC2(CCCC2)O1. The van der Waals surface area contributed by atoms with Crippen LogP contribution in [0.3, 0.4) is 0 Å². The van der Waals surface area contributed by atoms with Gasteiger partial charge in [0, 0.05) is 6.54 Å². The Labute approximate surface area is 103 Å². The molecule has 1 aliphatic carbocycles. The first-order valence-corrected chi connectivity index (χ1v) is 6.63. The quantitative estimate of drug-likeness (QED) is 0.816. The van der Waals surface area contributed by atoms with E-state index in [0.717, 1.165) is 19.4 Å². The van der Waals surface area contributed by atoms with E-state index < -0.39 is 12.0 Å². The average molecular weight is 241 g/mol. The molecule has 0 bridgehead atoms. The number of rotatable bonds is 4. The number of nitrogens with zero attached hydrogens (tertiary/aromatic N) is 1. The van der Waals surface area contributed by atoms with Crippen LogP contribution in [-0.4, -0.2) is 47.3 Å². The van der Waals surface area contributed by atoms with Gasteiger partial charge in [0.1, 0.15) is 6.04 Å². The second-order valence-corrected chi connectivity index (χ2v) is 5.62. The molecule has 0 aromatic heterocycles. The van der Waals surface area contributed by atoms with Crippen molar-refractivity contribution in [1.82, 2.24) is 4.90 Å². The fourth-order valence-corrected chi connectivity index (χ4v) is 3.08. The second kappa shape index (κ2) is 4.94. The first-order valence-electron chi connectivity index (χ1n) is 6.63. The van der Waals surface area contributed by atoms with Gasteiger partial charge in [0.05, 0.1) is 11.7 Å². The summed E-state index contributed by atoms with van der Waals surface area (Å²) < 4.78 is 6.18. The summed E-state index contributed by atoms with van der Waals surface area (Å²) in [5.74, 6) is -0.763. The van der Waals surface area contributed by atoms with Crippen molar-refractivity contribution in [2.45, 2.75) is 63.2 Å². The molecule has 4 nitrogen and oxygen atoms in total. The van der Waals surface area contributed by atoms with E-state index in [-0.39, 0.29) is 11.7 Å². The largest absolute Gasteiger partial charge is 0.480 e. The highest BCUT2D eigenvalue weighted by molar-refractivity contribution is 5.72. The van der Waals surface area contributed by atoms with E-state index in [2.05, 4.69) is 0 Å². The molecule has 1 N–H and O–H groups in total. The van der Waals surface area contributed by atoms with Gasteiger partial charge >= 0.3 is 5.97 Å². The molecule has 2 fully saturated rings. The molecule has 1 spiro atoms. The van der Waals surface area contributed by atoms with Gasteiger partial charge in [-0.25, -0.2) is 0 Å². The summed E-state index contributed by atoms with van der Waals surface area (Å²) in [7, 11) is 1.86. The molecule has 0 radical (unpaired) electrons. The molecular weight excluding hydrogens is 218 g/mol. The van der Waals surface area contributed by atoms with Crippen LogP contribution in [0.4, 0.5) is 0 Å². The Kier molecular flexibility index (Phi) is 3.73. The standard InChI is InChI=1S/C13H23NO3/c1-10(12(15)16)14(2)9-11-5-8-13(17-11)6-3-4-7-13/h10-11H,3-9H2,1-2H3,(H,15,16). The summed E-state index contributed by atoms with van der Waals surface area (Å²) in [5, 5.41) is 8.95. The molecule has 98 valence electrons. The summed E-state index contributed by atoms with van der Waals surface area (Å²) in [6, 6.07) is -0.432. The van der Waals surface area contributed by atoms with Crippen LogP contribution in [-0.2, 0) is 9.53 Å². The molecule has 2 atom stereocenters. The predicted octanol–water partition coefficient (Wildman–Crippen LogP) is 1.88. The van der Waals surface area contributed by atoms with Crippen LogP contribution in [0.2, 0.25) is 0 Å². The number of likely N-dealkylation sites (N-methyl/N-ethyl adjacent to an activating group) is 1. The lowest BCUT2D eigenvalue weighted by Crippen LogP contribution is -2.41. The zero-order chi connectivity index (χ0) is 12.5. The van der Waals surface area contributed by atoms with E-state index >= 15 is 0 Å². The van der Waals surface area contributed by atoms with Crippen molar-refractivity contribution >= 4 is 5.97 Å². The maximum absolute atomic E-state index is 10.9. The van der Waals surface area contributed by atoms with Crippen molar-refractivity contribution in [3.63, 3.8) is 0 Å². The van der Waals surface area contributed by atoms with Crippen LogP contribution < -0.4 is 0 Å². The lowest BCUT2D eigenvalue weighted by molar-refractivity contribution is -0.142. The van der Waals surface area contributed by atoms with Gasteiger partial charge in [-0.05, 0) is 39.7 Å². The molecule has 1 heterocycles. The van der Waals surface area contributed by atoms with Gasteiger partial charge < -0.3 is 9.84 Å². The molecule has 2 aliphatic rings. The molecule has 2 rings (SSSR count). The molecule has 0 aromatic rings. The zero-order valence-electron chi connectivity index (χ0n) is 10.8. The lowest BCUT2D eigenvalue weighted by Gasteiger charge is -2.27. The lowest BCUT2D eigenvalue weighted by atomic mass is 9.98. The van der Waals surface area contributed by atoms with E-state index in [0.29, 0.717) is 0 Å². The van der Waals surface area contributed by atoms with E-state index in [1.165, 1.54) is 25.7 Å². The number of carbonyl (C=O) groups is 1. The Hall–Kier alpha value is -0.610. The average Bonchev–Trinajstić information content (AvgIpc) is 2.89. The third-order valence-electron chi connectivity index (χ3n) is 4.36. The Bertz CT molecular complexity index is 286. The van der Waals surface area contributed by atoms with Gasteiger partial charge in [0.15, 0.2) is 0 Å². The molecule has 0 aromatic carbocycles. The van der Waals surface area contributed by atoms with Crippen LogP contribution >= 0.6 is 0 Å². The molecule has 1 saturated heterocycles. The second-order valence-electron chi connectivity index (χ2n) is 5.62. The van der Waals surface area contributed by atoms with E-state index in [4.69, 9.17) is 9.84 Å². The minimum absolute atomic E-state index is 0.151. The van der Waals surface area contributed by atoms with Gasteiger partial charge in [-0.1, -0.05) is 12.8 Å². The Morgan fingerprint density at radius 2 is 2.12 bits per heavy atom. The summed E-state index contributed by atoms with van der Waals surface area (Å²) >= 11 is 0. The van der Waals surface area contributed by atoms with E-state index in [9.17, 15) is 4.79 Å². The van der Waals surface area contributed by atoms with Gasteiger partial charge in [0.2, 0.25) is 0 Å². The first-order chi connectivity index (χ1) is 8.02. The molecule has 1 saturated carbocycles. The molecule has 4 heteroatoms. The smallest absolute Gasteiger partial charge is 0.320 e. The molecule has 2 unspecified atom stereocenters. The van der Waals surface area contributed by atoms with Gasteiger partial charge in [-0.15, -0.1) is 0 Å².